The van der Waals surface area contributed by atoms with Gasteiger partial charge in [-0.2, -0.15) is 0 Å². The van der Waals surface area contributed by atoms with Crippen LogP contribution in [-0.4, -0.2) is 14.5 Å². The number of nitrogens with zero attached hydrogens (tertiary/aromatic N) is 3. The lowest BCUT2D eigenvalue weighted by Crippen LogP contribution is -1.97. The number of aromatic nitrogens is 3. The Balaban J connectivity index is 2.10. The molecule has 0 radical (unpaired) electrons. The molecular formula is C9H12N4S. The molecule has 4 nitrogen and oxygen atoms in total. The molecule has 0 amide bonds. The summed E-state index contributed by atoms with van der Waals surface area (Å²) >= 11 is 1.67. The Hall–Kier alpha value is -1.20. The van der Waals surface area contributed by atoms with E-state index in [2.05, 4.69) is 15.3 Å². The fourth-order valence-electron chi connectivity index (χ4n) is 1.23. The van der Waals surface area contributed by atoms with E-state index in [0.717, 1.165) is 22.9 Å². The van der Waals surface area contributed by atoms with Crippen molar-refractivity contribution in [2.75, 3.05) is 0 Å². The smallest absolute Gasteiger partial charge is 0.113 e. The molecule has 0 atom stereocenters. The first-order valence-corrected chi connectivity index (χ1v) is 5.27. The maximum Gasteiger partial charge on any atom is 0.113 e. The number of hydrogen-bond acceptors (Lipinski definition) is 4. The summed E-state index contributed by atoms with van der Waals surface area (Å²) in [6, 6.07) is 0. The molecule has 0 aliphatic heterocycles. The molecule has 0 saturated carbocycles. The van der Waals surface area contributed by atoms with E-state index >= 15 is 0 Å². The number of rotatable bonds is 3. The minimum absolute atomic E-state index is 0.490. The Morgan fingerprint density at radius 3 is 3.00 bits per heavy atom. The Morgan fingerprint density at radius 2 is 2.43 bits per heavy atom. The third-order valence-corrected chi connectivity index (χ3v) is 2.83. The summed E-state index contributed by atoms with van der Waals surface area (Å²) in [6.45, 7) is 3.27. The van der Waals surface area contributed by atoms with Crippen LogP contribution in [0.25, 0.3) is 0 Å². The molecule has 0 bridgehead atoms. The van der Waals surface area contributed by atoms with Gasteiger partial charge in [0.1, 0.15) is 5.01 Å². The number of nitrogens with two attached hydrogens (primary N) is 1. The van der Waals surface area contributed by atoms with Gasteiger partial charge in [0.2, 0.25) is 0 Å². The van der Waals surface area contributed by atoms with Crippen molar-refractivity contribution in [2.45, 2.75) is 20.0 Å². The Kier molecular flexibility index (Phi) is 2.60. The van der Waals surface area contributed by atoms with Gasteiger partial charge in [0.05, 0.1) is 18.6 Å². The highest BCUT2D eigenvalue weighted by Gasteiger charge is 2.01. The average molecular weight is 208 g/mol. The minimum Gasteiger partial charge on any atom is -0.330 e. The van der Waals surface area contributed by atoms with Crippen molar-refractivity contribution in [1.82, 2.24) is 14.5 Å². The van der Waals surface area contributed by atoms with Crippen LogP contribution >= 0.6 is 11.3 Å². The van der Waals surface area contributed by atoms with Gasteiger partial charge >= 0.3 is 0 Å². The van der Waals surface area contributed by atoms with Crippen molar-refractivity contribution in [2.24, 2.45) is 5.73 Å². The van der Waals surface area contributed by atoms with Crippen molar-refractivity contribution in [3.8, 4) is 0 Å². The van der Waals surface area contributed by atoms with Gasteiger partial charge in [0, 0.05) is 23.8 Å². The molecule has 0 fully saturated rings. The molecule has 14 heavy (non-hydrogen) atoms. The van der Waals surface area contributed by atoms with Crippen LogP contribution in [0, 0.1) is 6.92 Å². The fourth-order valence-corrected chi connectivity index (χ4v) is 2.01. The van der Waals surface area contributed by atoms with Crippen LogP contribution in [0.3, 0.4) is 0 Å². The van der Waals surface area contributed by atoms with Crippen molar-refractivity contribution in [3.63, 3.8) is 0 Å². The highest BCUT2D eigenvalue weighted by molar-refractivity contribution is 7.09. The van der Waals surface area contributed by atoms with Crippen LogP contribution in [0.2, 0.25) is 0 Å². The van der Waals surface area contributed by atoms with E-state index in [-0.39, 0.29) is 0 Å². The van der Waals surface area contributed by atoms with Crippen LogP contribution in [0.5, 0.6) is 0 Å². The zero-order chi connectivity index (χ0) is 9.97. The predicted molar refractivity (Wildman–Crippen MR) is 56.1 cm³/mol. The molecule has 2 aromatic heterocycles. The van der Waals surface area contributed by atoms with Gasteiger partial charge in [-0.25, -0.2) is 9.97 Å². The summed E-state index contributed by atoms with van der Waals surface area (Å²) in [4.78, 5) is 8.53. The summed E-state index contributed by atoms with van der Waals surface area (Å²) < 4.78 is 2.00. The maximum atomic E-state index is 5.47. The second-order valence-corrected chi connectivity index (χ2v) is 4.07. The molecule has 0 aliphatic carbocycles. The summed E-state index contributed by atoms with van der Waals surface area (Å²) in [5.74, 6) is 0. The Bertz CT molecular complexity index is 418. The monoisotopic (exact) mass is 208 g/mol. The molecule has 2 heterocycles. The molecule has 2 rings (SSSR count). The van der Waals surface area contributed by atoms with Gasteiger partial charge in [0.25, 0.3) is 0 Å². The van der Waals surface area contributed by atoms with Crippen LogP contribution in [-0.2, 0) is 13.1 Å². The lowest BCUT2D eigenvalue weighted by atomic mass is 10.5. The van der Waals surface area contributed by atoms with E-state index in [1.807, 2.05) is 17.7 Å². The minimum atomic E-state index is 0.490. The normalized spacial score (nSPS) is 10.7. The molecule has 0 saturated heterocycles. The van der Waals surface area contributed by atoms with E-state index in [4.69, 9.17) is 5.73 Å². The summed E-state index contributed by atoms with van der Waals surface area (Å²) in [6.07, 6.45) is 3.75. The fraction of sp³-hybridized carbons (Fsp3) is 0.333. The van der Waals surface area contributed by atoms with Gasteiger partial charge in [-0.3, -0.25) is 0 Å². The van der Waals surface area contributed by atoms with Gasteiger partial charge in [-0.1, -0.05) is 0 Å². The second kappa shape index (κ2) is 3.89. The summed E-state index contributed by atoms with van der Waals surface area (Å²) in [5, 5.41) is 3.15. The van der Waals surface area contributed by atoms with Crippen molar-refractivity contribution < 1.29 is 0 Å². The van der Waals surface area contributed by atoms with E-state index in [9.17, 15) is 0 Å². The molecule has 5 heteroatoms. The lowest BCUT2D eigenvalue weighted by Gasteiger charge is -1.96. The Morgan fingerprint density at radius 1 is 1.57 bits per heavy atom. The lowest BCUT2D eigenvalue weighted by molar-refractivity contribution is 0.786. The predicted octanol–water partition coefficient (Wildman–Crippen LogP) is 1.16. The largest absolute Gasteiger partial charge is 0.330 e. The molecule has 2 aromatic rings. The van der Waals surface area contributed by atoms with Crippen molar-refractivity contribution in [3.05, 3.63) is 34.3 Å². The zero-order valence-electron chi connectivity index (χ0n) is 7.97. The van der Waals surface area contributed by atoms with Gasteiger partial charge in [-0.15, -0.1) is 11.3 Å². The molecule has 0 unspecified atom stereocenters. The van der Waals surface area contributed by atoms with Gasteiger partial charge in [-0.05, 0) is 6.92 Å². The zero-order valence-corrected chi connectivity index (χ0v) is 8.79. The van der Waals surface area contributed by atoms with Crippen molar-refractivity contribution in [1.29, 1.82) is 0 Å². The van der Waals surface area contributed by atoms with E-state index in [1.165, 1.54) is 0 Å². The average Bonchev–Trinajstić information content (AvgIpc) is 2.76. The van der Waals surface area contributed by atoms with Gasteiger partial charge in [0.15, 0.2) is 0 Å². The first-order chi connectivity index (χ1) is 6.78. The van der Waals surface area contributed by atoms with E-state index in [0.29, 0.717) is 6.54 Å². The summed E-state index contributed by atoms with van der Waals surface area (Å²) in [5.41, 5.74) is 7.46. The Labute approximate surface area is 86.4 Å². The van der Waals surface area contributed by atoms with Crippen LogP contribution < -0.4 is 5.73 Å². The topological polar surface area (TPSA) is 56.7 Å². The molecular weight excluding hydrogens is 196 g/mol. The van der Waals surface area contributed by atoms with Crippen LogP contribution in [0.15, 0.2) is 17.9 Å². The molecule has 0 spiro atoms. The second-order valence-electron chi connectivity index (χ2n) is 3.12. The number of aryl methyl sites for hydroxylation is 1. The first-order valence-electron chi connectivity index (χ1n) is 4.39. The quantitative estimate of drug-likeness (QED) is 0.823. The number of imidazole rings is 1. The van der Waals surface area contributed by atoms with Gasteiger partial charge < -0.3 is 10.3 Å². The SMILES string of the molecule is Cc1csc(Cn2cnc(CN)c2)n1. The van der Waals surface area contributed by atoms with Crippen molar-refractivity contribution >= 4 is 11.3 Å². The third-order valence-electron chi connectivity index (χ3n) is 1.88. The molecule has 2 N–H and O–H groups in total. The van der Waals surface area contributed by atoms with Crippen LogP contribution in [0.1, 0.15) is 16.4 Å². The molecule has 0 aromatic carbocycles. The number of hydrogen-bond donors (Lipinski definition) is 1. The summed E-state index contributed by atoms with van der Waals surface area (Å²) in [7, 11) is 0. The van der Waals surface area contributed by atoms with Crippen LogP contribution in [0.4, 0.5) is 0 Å². The highest BCUT2D eigenvalue weighted by Crippen LogP contribution is 2.10. The van der Waals surface area contributed by atoms with E-state index < -0.39 is 0 Å². The first kappa shape index (κ1) is 9.36. The highest BCUT2D eigenvalue weighted by atomic mass is 32.1. The standard InChI is InChI=1S/C9H12N4S/c1-7-5-14-9(12-7)4-13-3-8(2-10)11-6-13/h3,5-6H,2,4,10H2,1H3. The van der Waals surface area contributed by atoms with E-state index in [1.54, 1.807) is 17.7 Å². The number of thiazole rings is 1. The molecule has 0 aliphatic rings. The maximum absolute atomic E-state index is 5.47. The molecule has 74 valence electrons. The third kappa shape index (κ3) is 2.00.